The maximum absolute atomic E-state index is 13.7. The molecule has 0 aromatic heterocycles. The zero-order chi connectivity index (χ0) is 19.6. The van der Waals surface area contributed by atoms with Crippen molar-refractivity contribution in [1.82, 2.24) is 0 Å². The van der Waals surface area contributed by atoms with Crippen LogP contribution in [0.4, 0.5) is 5.69 Å². The summed E-state index contributed by atoms with van der Waals surface area (Å²) in [5.74, 6) is -0.116. The van der Waals surface area contributed by atoms with Crippen molar-refractivity contribution in [2.75, 3.05) is 11.2 Å². The molecule has 5 heteroatoms. The number of β-lactam (4-membered cyclic amide) rings is 1. The lowest BCUT2D eigenvalue weighted by molar-refractivity contribution is -0.152. The van der Waals surface area contributed by atoms with E-state index in [9.17, 15) is 4.79 Å². The minimum atomic E-state index is -1.18. The number of thiocarbonyl (C=S) groups is 1. The fourth-order valence-corrected chi connectivity index (χ4v) is 4.05. The van der Waals surface area contributed by atoms with Gasteiger partial charge < -0.3 is 4.74 Å². The average molecular weight is 406 g/mol. The van der Waals surface area contributed by atoms with Gasteiger partial charge in [-0.2, -0.15) is 0 Å². The molecule has 0 saturated carbocycles. The van der Waals surface area contributed by atoms with Gasteiger partial charge in [0.05, 0.1) is 0 Å². The Hall–Kier alpha value is -2.63. The molecule has 0 aliphatic carbocycles. The third-order valence-electron chi connectivity index (χ3n) is 4.94. The SMILES string of the molecule is CSC(=S)OC1(c2ccccc2)C(=O)N(c2ccccc2)C1c1ccccc1. The molecule has 1 aliphatic heterocycles. The normalized spacial score (nSPS) is 21.1. The summed E-state index contributed by atoms with van der Waals surface area (Å²) in [5.41, 5.74) is 1.46. The molecule has 4 rings (SSSR count). The maximum Gasteiger partial charge on any atom is 0.279 e. The lowest BCUT2D eigenvalue weighted by atomic mass is 9.72. The molecule has 0 spiro atoms. The van der Waals surface area contributed by atoms with Crippen LogP contribution in [0.1, 0.15) is 17.2 Å². The van der Waals surface area contributed by atoms with Gasteiger partial charge in [0.1, 0.15) is 6.04 Å². The van der Waals surface area contributed by atoms with Crippen molar-refractivity contribution >= 4 is 40.0 Å². The van der Waals surface area contributed by atoms with E-state index < -0.39 is 5.60 Å². The van der Waals surface area contributed by atoms with E-state index in [1.165, 1.54) is 11.8 Å². The van der Waals surface area contributed by atoms with Crippen LogP contribution in [0.5, 0.6) is 0 Å². The van der Waals surface area contributed by atoms with Crippen molar-refractivity contribution in [2.45, 2.75) is 11.6 Å². The Labute approximate surface area is 174 Å². The molecule has 3 nitrogen and oxygen atoms in total. The Morgan fingerprint density at radius 2 is 1.46 bits per heavy atom. The number of hydrogen-bond donors (Lipinski definition) is 0. The third-order valence-corrected chi connectivity index (χ3v) is 5.94. The quantitative estimate of drug-likeness (QED) is 0.433. The Morgan fingerprint density at radius 3 is 2.04 bits per heavy atom. The second-order valence-corrected chi connectivity index (χ2v) is 7.89. The van der Waals surface area contributed by atoms with Crippen molar-refractivity contribution in [3.63, 3.8) is 0 Å². The minimum Gasteiger partial charge on any atom is -0.454 e. The predicted octanol–water partition coefficient (Wildman–Crippen LogP) is 5.33. The van der Waals surface area contributed by atoms with Crippen molar-refractivity contribution in [2.24, 2.45) is 0 Å². The summed E-state index contributed by atoms with van der Waals surface area (Å²) in [4.78, 5) is 15.4. The van der Waals surface area contributed by atoms with E-state index in [0.29, 0.717) is 4.38 Å². The second-order valence-electron chi connectivity index (χ2n) is 6.48. The summed E-state index contributed by atoms with van der Waals surface area (Å²) in [7, 11) is 0. The number of para-hydroxylation sites is 1. The van der Waals surface area contributed by atoms with Crippen LogP contribution in [0.2, 0.25) is 0 Å². The number of rotatable bonds is 4. The molecule has 140 valence electrons. The first-order chi connectivity index (χ1) is 13.7. The number of carbonyl (C=O) groups excluding carboxylic acids is 1. The summed E-state index contributed by atoms with van der Waals surface area (Å²) >= 11 is 6.72. The van der Waals surface area contributed by atoms with E-state index in [4.69, 9.17) is 17.0 Å². The molecule has 3 aromatic carbocycles. The van der Waals surface area contributed by atoms with E-state index in [2.05, 4.69) is 0 Å². The standard InChI is InChI=1S/C23H19NO2S2/c1-28-22(27)26-23(18-13-7-3-8-14-18)20(17-11-5-2-6-12-17)24(21(23)25)19-15-9-4-10-16-19/h2-16,20H,1H3. The molecule has 1 fully saturated rings. The average Bonchev–Trinajstić information content (AvgIpc) is 2.77. The van der Waals surface area contributed by atoms with Crippen LogP contribution in [0.25, 0.3) is 0 Å². The highest BCUT2D eigenvalue weighted by molar-refractivity contribution is 8.22. The lowest BCUT2D eigenvalue weighted by Crippen LogP contribution is -2.68. The van der Waals surface area contributed by atoms with E-state index in [1.807, 2.05) is 97.3 Å². The maximum atomic E-state index is 13.7. The molecule has 1 amide bonds. The van der Waals surface area contributed by atoms with E-state index >= 15 is 0 Å². The number of thioether (sulfide) groups is 1. The number of carbonyl (C=O) groups is 1. The van der Waals surface area contributed by atoms with Crippen molar-refractivity contribution in [3.05, 3.63) is 102 Å². The molecular formula is C23H19NO2S2. The molecule has 2 atom stereocenters. The number of nitrogens with zero attached hydrogens (tertiary/aromatic N) is 1. The van der Waals surface area contributed by atoms with Gasteiger partial charge in [0, 0.05) is 11.3 Å². The fraction of sp³-hybridized carbons (Fsp3) is 0.130. The molecule has 0 bridgehead atoms. The molecule has 1 saturated heterocycles. The largest absolute Gasteiger partial charge is 0.454 e. The summed E-state index contributed by atoms with van der Waals surface area (Å²) < 4.78 is 6.60. The van der Waals surface area contributed by atoms with Gasteiger partial charge in [0.15, 0.2) is 0 Å². The highest BCUT2D eigenvalue weighted by atomic mass is 32.2. The highest BCUT2D eigenvalue weighted by Gasteiger charge is 2.65. The van der Waals surface area contributed by atoms with Gasteiger partial charge in [-0.15, -0.1) is 0 Å². The number of anilines is 1. The first-order valence-corrected chi connectivity index (χ1v) is 10.6. The molecule has 0 radical (unpaired) electrons. The van der Waals surface area contributed by atoms with Crippen LogP contribution in [-0.4, -0.2) is 16.5 Å². The molecule has 0 N–H and O–H groups in total. The van der Waals surface area contributed by atoms with E-state index in [0.717, 1.165) is 16.8 Å². The van der Waals surface area contributed by atoms with Crippen LogP contribution in [0, 0.1) is 0 Å². The summed E-state index contributed by atoms with van der Waals surface area (Å²) in [6.45, 7) is 0. The Bertz CT molecular complexity index is 979. The van der Waals surface area contributed by atoms with E-state index in [-0.39, 0.29) is 11.9 Å². The van der Waals surface area contributed by atoms with Gasteiger partial charge in [0.25, 0.3) is 5.91 Å². The summed E-state index contributed by atoms with van der Waals surface area (Å²) in [5, 5.41) is 0. The van der Waals surface area contributed by atoms with Crippen LogP contribution >= 0.6 is 24.0 Å². The number of hydrogen-bond acceptors (Lipinski definition) is 4. The smallest absolute Gasteiger partial charge is 0.279 e. The topological polar surface area (TPSA) is 29.5 Å². The van der Waals surface area contributed by atoms with Crippen molar-refractivity contribution < 1.29 is 9.53 Å². The zero-order valence-corrected chi connectivity index (χ0v) is 17.0. The van der Waals surface area contributed by atoms with Gasteiger partial charge in [-0.1, -0.05) is 90.6 Å². The highest BCUT2D eigenvalue weighted by Crippen LogP contribution is 2.54. The van der Waals surface area contributed by atoms with Crippen LogP contribution in [-0.2, 0) is 15.1 Å². The zero-order valence-electron chi connectivity index (χ0n) is 15.3. The monoisotopic (exact) mass is 405 g/mol. The first-order valence-electron chi connectivity index (χ1n) is 8.94. The molecule has 28 heavy (non-hydrogen) atoms. The Balaban J connectivity index is 1.90. The summed E-state index contributed by atoms with van der Waals surface area (Å²) in [6, 6.07) is 29.0. The van der Waals surface area contributed by atoms with Gasteiger partial charge >= 0.3 is 0 Å². The lowest BCUT2D eigenvalue weighted by Gasteiger charge is -2.55. The molecule has 1 heterocycles. The number of ether oxygens (including phenoxy) is 1. The van der Waals surface area contributed by atoms with Crippen LogP contribution in [0.15, 0.2) is 91.0 Å². The van der Waals surface area contributed by atoms with E-state index in [1.54, 1.807) is 4.90 Å². The second kappa shape index (κ2) is 7.78. The van der Waals surface area contributed by atoms with Gasteiger partial charge in [0.2, 0.25) is 9.98 Å². The van der Waals surface area contributed by atoms with Gasteiger partial charge in [-0.3, -0.25) is 9.69 Å². The van der Waals surface area contributed by atoms with Crippen LogP contribution < -0.4 is 4.90 Å². The Kier molecular flexibility index (Phi) is 5.20. The Morgan fingerprint density at radius 1 is 0.929 bits per heavy atom. The minimum absolute atomic E-state index is 0.116. The first kappa shape index (κ1) is 18.7. The third kappa shape index (κ3) is 3.01. The van der Waals surface area contributed by atoms with Gasteiger partial charge in [-0.25, -0.2) is 0 Å². The summed E-state index contributed by atoms with van der Waals surface area (Å²) in [6.07, 6.45) is 1.86. The van der Waals surface area contributed by atoms with Crippen molar-refractivity contribution in [1.29, 1.82) is 0 Å². The van der Waals surface area contributed by atoms with Crippen molar-refractivity contribution in [3.8, 4) is 0 Å². The molecule has 1 aliphatic rings. The number of amides is 1. The predicted molar refractivity (Wildman–Crippen MR) is 118 cm³/mol. The number of benzene rings is 3. The van der Waals surface area contributed by atoms with Gasteiger partial charge in [-0.05, 0) is 36.2 Å². The molecule has 3 aromatic rings. The molecule has 2 unspecified atom stereocenters. The molecular weight excluding hydrogens is 386 g/mol. The fourth-order valence-electron chi connectivity index (χ4n) is 3.70. The van der Waals surface area contributed by atoms with Crippen LogP contribution in [0.3, 0.4) is 0 Å².